The van der Waals surface area contributed by atoms with Gasteiger partial charge in [-0.3, -0.25) is 4.79 Å². The van der Waals surface area contributed by atoms with E-state index in [0.717, 1.165) is 10.7 Å². The fraction of sp³-hybridized carbons (Fsp3) is 0.417. The van der Waals surface area contributed by atoms with Gasteiger partial charge in [0, 0.05) is 10.7 Å². The van der Waals surface area contributed by atoms with Crippen molar-refractivity contribution < 1.29 is 17.9 Å². The summed E-state index contributed by atoms with van der Waals surface area (Å²) < 4.78 is 27.6. The molecule has 1 aromatic rings. The molecular formula is C12H16BrNO4S. The summed E-state index contributed by atoms with van der Waals surface area (Å²) in [7, 11) is -2.04. The molecule has 1 rings (SSSR count). The second kappa shape index (κ2) is 5.50. The number of methoxy groups -OCH3 is 1. The van der Waals surface area contributed by atoms with Gasteiger partial charge in [-0.25, -0.2) is 8.42 Å². The minimum atomic E-state index is -3.52. The molecule has 1 amide bonds. The highest BCUT2D eigenvalue weighted by molar-refractivity contribution is 9.10. The first-order valence-corrected chi connectivity index (χ1v) is 8.12. The van der Waals surface area contributed by atoms with E-state index in [2.05, 4.69) is 21.2 Å². The minimum absolute atomic E-state index is 0.415. The van der Waals surface area contributed by atoms with Crippen LogP contribution in [-0.4, -0.2) is 32.4 Å². The number of hydrogen-bond acceptors (Lipinski definition) is 4. The molecule has 0 heterocycles. The number of anilines is 1. The first kappa shape index (κ1) is 16.0. The third-order valence-corrected chi connectivity index (χ3v) is 5.42. The molecule has 19 heavy (non-hydrogen) atoms. The average molecular weight is 350 g/mol. The standard InChI is InChI=1S/C12H16BrNO4S/c1-12(2,19(4,16)17)11(15)14-9-7-8(13)5-6-10(9)18-3/h5-7H,1-4H3,(H,14,15). The van der Waals surface area contributed by atoms with Gasteiger partial charge in [0.1, 0.15) is 10.5 Å². The van der Waals surface area contributed by atoms with Gasteiger partial charge in [0.05, 0.1) is 12.8 Å². The van der Waals surface area contributed by atoms with Crippen molar-refractivity contribution in [3.8, 4) is 5.75 Å². The Balaban J connectivity index is 3.10. The summed E-state index contributed by atoms with van der Waals surface area (Å²) in [5.74, 6) is -0.146. The van der Waals surface area contributed by atoms with Gasteiger partial charge in [0.25, 0.3) is 0 Å². The fourth-order valence-corrected chi connectivity index (χ4v) is 1.97. The molecule has 106 valence electrons. The topological polar surface area (TPSA) is 72.5 Å². The molecular weight excluding hydrogens is 334 g/mol. The van der Waals surface area contributed by atoms with Crippen LogP contribution in [0.4, 0.5) is 5.69 Å². The minimum Gasteiger partial charge on any atom is -0.495 e. The second-order valence-corrected chi connectivity index (χ2v) is 8.06. The molecule has 5 nitrogen and oxygen atoms in total. The van der Waals surface area contributed by atoms with E-state index >= 15 is 0 Å². The van der Waals surface area contributed by atoms with E-state index in [1.807, 2.05) is 0 Å². The SMILES string of the molecule is COc1ccc(Br)cc1NC(=O)C(C)(C)S(C)(=O)=O. The van der Waals surface area contributed by atoms with Crippen molar-refractivity contribution in [3.05, 3.63) is 22.7 Å². The van der Waals surface area contributed by atoms with E-state index in [9.17, 15) is 13.2 Å². The molecule has 0 bridgehead atoms. The van der Waals surface area contributed by atoms with Crippen LogP contribution in [0.15, 0.2) is 22.7 Å². The summed E-state index contributed by atoms with van der Waals surface area (Å²) in [6.45, 7) is 2.73. The summed E-state index contributed by atoms with van der Waals surface area (Å²) >= 11 is 3.28. The van der Waals surface area contributed by atoms with Crippen LogP contribution in [-0.2, 0) is 14.6 Å². The highest BCUT2D eigenvalue weighted by atomic mass is 79.9. The Labute approximate surface area is 121 Å². The van der Waals surface area contributed by atoms with Crippen molar-refractivity contribution in [1.29, 1.82) is 0 Å². The number of rotatable bonds is 4. The lowest BCUT2D eigenvalue weighted by Gasteiger charge is -2.22. The Morgan fingerprint density at radius 3 is 2.42 bits per heavy atom. The lowest BCUT2D eigenvalue weighted by Crippen LogP contribution is -2.43. The normalized spacial score (nSPS) is 12.1. The number of halogens is 1. The van der Waals surface area contributed by atoms with Gasteiger partial charge in [-0.2, -0.15) is 0 Å². The quantitative estimate of drug-likeness (QED) is 0.904. The van der Waals surface area contributed by atoms with Crippen LogP contribution in [0.5, 0.6) is 5.75 Å². The monoisotopic (exact) mass is 349 g/mol. The van der Waals surface area contributed by atoms with Crippen LogP contribution in [0.25, 0.3) is 0 Å². The van der Waals surface area contributed by atoms with Gasteiger partial charge < -0.3 is 10.1 Å². The maximum atomic E-state index is 12.1. The molecule has 0 aliphatic carbocycles. The van der Waals surface area contributed by atoms with Crippen molar-refractivity contribution in [2.24, 2.45) is 0 Å². The predicted octanol–water partition coefficient (Wildman–Crippen LogP) is 2.22. The van der Waals surface area contributed by atoms with Gasteiger partial charge in [-0.1, -0.05) is 15.9 Å². The fourth-order valence-electron chi connectivity index (χ4n) is 1.22. The Bertz CT molecular complexity index is 596. The summed E-state index contributed by atoms with van der Waals surface area (Å²) in [6.07, 6.45) is 1.03. The number of benzene rings is 1. The number of sulfone groups is 1. The number of hydrogen-bond donors (Lipinski definition) is 1. The molecule has 0 aliphatic rings. The van der Waals surface area contributed by atoms with Crippen molar-refractivity contribution in [2.45, 2.75) is 18.6 Å². The Kier molecular flexibility index (Phi) is 4.63. The number of carbonyl (C=O) groups is 1. The van der Waals surface area contributed by atoms with E-state index < -0.39 is 20.5 Å². The van der Waals surface area contributed by atoms with Crippen LogP contribution in [0.3, 0.4) is 0 Å². The third kappa shape index (κ3) is 3.48. The molecule has 0 radical (unpaired) electrons. The largest absolute Gasteiger partial charge is 0.495 e. The van der Waals surface area contributed by atoms with Crippen LogP contribution >= 0.6 is 15.9 Å². The van der Waals surface area contributed by atoms with Crippen LogP contribution in [0, 0.1) is 0 Å². The van der Waals surface area contributed by atoms with Gasteiger partial charge in [0.15, 0.2) is 9.84 Å². The Morgan fingerprint density at radius 1 is 1.37 bits per heavy atom. The highest BCUT2D eigenvalue weighted by Gasteiger charge is 2.38. The van der Waals surface area contributed by atoms with Gasteiger partial charge in [-0.15, -0.1) is 0 Å². The number of ether oxygens (including phenoxy) is 1. The number of carbonyl (C=O) groups excluding carboxylic acids is 1. The zero-order chi connectivity index (χ0) is 14.8. The number of nitrogens with one attached hydrogen (secondary N) is 1. The Morgan fingerprint density at radius 2 is 1.95 bits per heavy atom. The summed E-state index contributed by atoms with van der Waals surface area (Å²) in [4.78, 5) is 12.1. The first-order valence-electron chi connectivity index (χ1n) is 5.44. The summed E-state index contributed by atoms with van der Waals surface area (Å²) in [6, 6.07) is 5.08. The van der Waals surface area contributed by atoms with Crippen LogP contribution in [0.1, 0.15) is 13.8 Å². The van der Waals surface area contributed by atoms with E-state index in [0.29, 0.717) is 11.4 Å². The zero-order valence-electron chi connectivity index (χ0n) is 11.2. The lowest BCUT2D eigenvalue weighted by molar-refractivity contribution is -0.117. The van der Waals surface area contributed by atoms with Gasteiger partial charge >= 0.3 is 0 Å². The predicted molar refractivity (Wildman–Crippen MR) is 78.2 cm³/mol. The maximum absolute atomic E-state index is 12.1. The Hall–Kier alpha value is -1.08. The third-order valence-electron chi connectivity index (χ3n) is 2.88. The van der Waals surface area contributed by atoms with E-state index in [4.69, 9.17) is 4.74 Å². The van der Waals surface area contributed by atoms with Crippen LogP contribution in [0.2, 0.25) is 0 Å². The molecule has 1 aromatic carbocycles. The second-order valence-electron chi connectivity index (χ2n) is 4.58. The van der Waals surface area contributed by atoms with Crippen LogP contribution < -0.4 is 10.1 Å². The van der Waals surface area contributed by atoms with E-state index in [1.54, 1.807) is 18.2 Å². The molecule has 0 spiro atoms. The molecule has 0 unspecified atom stereocenters. The lowest BCUT2D eigenvalue weighted by atomic mass is 10.2. The molecule has 0 atom stereocenters. The summed E-state index contributed by atoms with van der Waals surface area (Å²) in [5, 5.41) is 2.58. The van der Waals surface area contributed by atoms with Gasteiger partial charge in [-0.05, 0) is 32.0 Å². The molecule has 0 aromatic heterocycles. The molecule has 1 N–H and O–H groups in total. The smallest absolute Gasteiger partial charge is 0.245 e. The first-order chi connectivity index (χ1) is 8.59. The number of amides is 1. The van der Waals surface area contributed by atoms with Crippen molar-refractivity contribution in [3.63, 3.8) is 0 Å². The molecule has 7 heteroatoms. The van der Waals surface area contributed by atoms with Crippen molar-refractivity contribution >= 4 is 37.4 Å². The summed E-state index contributed by atoms with van der Waals surface area (Å²) in [5.41, 5.74) is 0.415. The molecule has 0 saturated heterocycles. The zero-order valence-corrected chi connectivity index (χ0v) is 13.6. The highest BCUT2D eigenvalue weighted by Crippen LogP contribution is 2.29. The molecule has 0 saturated carbocycles. The average Bonchev–Trinajstić information content (AvgIpc) is 2.27. The molecule has 0 aliphatic heterocycles. The maximum Gasteiger partial charge on any atom is 0.245 e. The van der Waals surface area contributed by atoms with Gasteiger partial charge in [0.2, 0.25) is 5.91 Å². The van der Waals surface area contributed by atoms with E-state index in [-0.39, 0.29) is 0 Å². The van der Waals surface area contributed by atoms with E-state index in [1.165, 1.54) is 21.0 Å². The molecule has 0 fully saturated rings. The van der Waals surface area contributed by atoms with Crippen molar-refractivity contribution in [2.75, 3.05) is 18.7 Å². The van der Waals surface area contributed by atoms with Crippen molar-refractivity contribution in [1.82, 2.24) is 0 Å².